The Morgan fingerprint density at radius 2 is 2.50 bits per heavy atom. The lowest BCUT2D eigenvalue weighted by Gasteiger charge is -1.96. The normalized spacial score (nSPS) is 9.83. The number of ether oxygens (including phenoxy) is 1. The molecule has 0 saturated carbocycles. The maximum Gasteiger partial charge on any atom is 0.270 e. The number of carbonyl (C=O) groups excluding carboxylic acids is 1. The molecule has 0 aromatic carbocycles. The average Bonchev–Trinajstić information content (AvgIpc) is 2.36. The van der Waals surface area contributed by atoms with Crippen LogP contribution in [-0.4, -0.2) is 39.8 Å². The van der Waals surface area contributed by atoms with Gasteiger partial charge in [0.15, 0.2) is 0 Å². The van der Waals surface area contributed by atoms with Gasteiger partial charge in [-0.1, -0.05) is 5.10 Å². The molecule has 1 aromatic rings. The molecule has 0 aliphatic heterocycles. The van der Waals surface area contributed by atoms with Gasteiger partial charge in [0, 0.05) is 7.11 Å². The Balaban J connectivity index is 2.46. The van der Waals surface area contributed by atoms with Gasteiger partial charge in [0.05, 0.1) is 7.05 Å². The Morgan fingerprint density at radius 1 is 1.75 bits per heavy atom. The van der Waals surface area contributed by atoms with Gasteiger partial charge in [0.1, 0.15) is 6.61 Å². The van der Waals surface area contributed by atoms with E-state index in [0.29, 0.717) is 0 Å². The van der Waals surface area contributed by atoms with Crippen LogP contribution in [0.5, 0.6) is 0 Å². The van der Waals surface area contributed by atoms with Crippen molar-refractivity contribution < 1.29 is 9.53 Å². The molecule has 0 atom stereocenters. The van der Waals surface area contributed by atoms with Crippen molar-refractivity contribution in [3.8, 4) is 0 Å². The molecule has 12 heavy (non-hydrogen) atoms. The lowest BCUT2D eigenvalue weighted by molar-refractivity contribution is -0.119. The number of amides is 1. The smallest absolute Gasteiger partial charge is 0.270 e. The Labute approximate surface area is 68.7 Å². The first-order chi connectivity index (χ1) is 5.72. The van der Waals surface area contributed by atoms with E-state index < -0.39 is 0 Å². The van der Waals surface area contributed by atoms with E-state index in [0.717, 1.165) is 0 Å². The van der Waals surface area contributed by atoms with E-state index in [1.807, 2.05) is 0 Å². The second-order valence-corrected chi connectivity index (χ2v) is 2.08. The molecule has 7 heteroatoms. The van der Waals surface area contributed by atoms with Crippen molar-refractivity contribution in [3.05, 3.63) is 0 Å². The first kappa shape index (κ1) is 8.60. The zero-order valence-corrected chi connectivity index (χ0v) is 6.81. The van der Waals surface area contributed by atoms with Crippen LogP contribution in [0.2, 0.25) is 0 Å². The minimum absolute atomic E-state index is 0.0156. The predicted molar refractivity (Wildman–Crippen MR) is 39.3 cm³/mol. The molecule has 66 valence electrons. The van der Waals surface area contributed by atoms with Crippen LogP contribution in [0.1, 0.15) is 0 Å². The van der Waals surface area contributed by atoms with Gasteiger partial charge >= 0.3 is 0 Å². The largest absolute Gasteiger partial charge is 0.375 e. The first-order valence-corrected chi connectivity index (χ1v) is 3.25. The van der Waals surface area contributed by atoms with Gasteiger partial charge in [0.25, 0.3) is 11.9 Å². The maximum atomic E-state index is 10.9. The van der Waals surface area contributed by atoms with E-state index >= 15 is 0 Å². The summed E-state index contributed by atoms with van der Waals surface area (Å²) < 4.78 is 4.59. The van der Waals surface area contributed by atoms with Gasteiger partial charge < -0.3 is 4.74 Å². The Morgan fingerprint density at radius 3 is 3.00 bits per heavy atom. The summed E-state index contributed by atoms with van der Waals surface area (Å²) in [4.78, 5) is 12.1. The molecule has 1 amide bonds. The number of tetrazole rings is 1. The summed E-state index contributed by atoms with van der Waals surface area (Å²) in [6, 6.07) is 0. The molecule has 1 N–H and O–H groups in total. The molecule has 0 radical (unpaired) electrons. The lowest BCUT2D eigenvalue weighted by atomic mass is 10.6. The standard InChI is InChI=1S/C5H9N5O2/c1-10-8-5(7-9-10)6-4(11)3-12-2/h3H2,1-2H3,(H,6,8,11). The number of nitrogens with zero attached hydrogens (tertiary/aromatic N) is 4. The van der Waals surface area contributed by atoms with Crippen molar-refractivity contribution in [3.63, 3.8) is 0 Å². The molecule has 1 rings (SSSR count). The van der Waals surface area contributed by atoms with Crippen molar-refractivity contribution in [1.82, 2.24) is 20.2 Å². The molecule has 7 nitrogen and oxygen atoms in total. The predicted octanol–water partition coefficient (Wildman–Crippen LogP) is -1.21. The highest BCUT2D eigenvalue weighted by atomic mass is 16.5. The topological polar surface area (TPSA) is 81.9 Å². The van der Waals surface area contributed by atoms with E-state index in [-0.39, 0.29) is 18.5 Å². The molecule has 0 spiro atoms. The molecule has 0 unspecified atom stereocenters. The molecule has 0 fully saturated rings. The van der Waals surface area contributed by atoms with Crippen LogP contribution >= 0.6 is 0 Å². The fraction of sp³-hybridized carbons (Fsp3) is 0.600. The van der Waals surface area contributed by atoms with Crippen molar-refractivity contribution in [2.24, 2.45) is 7.05 Å². The summed E-state index contributed by atoms with van der Waals surface area (Å²) in [6.45, 7) is -0.0156. The van der Waals surface area contributed by atoms with E-state index in [1.165, 1.54) is 11.9 Å². The number of hydrogen-bond donors (Lipinski definition) is 1. The molecule has 1 aromatic heterocycles. The van der Waals surface area contributed by atoms with Crippen molar-refractivity contribution >= 4 is 11.9 Å². The third kappa shape index (κ3) is 2.27. The van der Waals surface area contributed by atoms with Crippen LogP contribution in [0.4, 0.5) is 5.95 Å². The highest BCUT2D eigenvalue weighted by Gasteiger charge is 2.04. The Bertz CT molecular complexity index is 271. The second kappa shape index (κ2) is 3.77. The minimum Gasteiger partial charge on any atom is -0.375 e. The van der Waals surface area contributed by atoms with Gasteiger partial charge in [-0.05, 0) is 5.21 Å². The Hall–Kier alpha value is -1.50. The van der Waals surface area contributed by atoms with Gasteiger partial charge in [-0.15, -0.1) is 5.10 Å². The number of methoxy groups -OCH3 is 1. The molecule has 0 aliphatic rings. The van der Waals surface area contributed by atoms with Gasteiger partial charge in [0.2, 0.25) is 0 Å². The van der Waals surface area contributed by atoms with Crippen molar-refractivity contribution in [1.29, 1.82) is 0 Å². The number of aromatic nitrogens is 4. The number of carbonyl (C=O) groups is 1. The fourth-order valence-corrected chi connectivity index (χ4v) is 0.626. The number of nitrogens with one attached hydrogen (secondary N) is 1. The van der Waals surface area contributed by atoms with Crippen LogP contribution in [0.3, 0.4) is 0 Å². The summed E-state index contributed by atoms with van der Waals surface area (Å²) in [6.07, 6.45) is 0. The molecule has 1 heterocycles. The molecular weight excluding hydrogens is 162 g/mol. The van der Waals surface area contributed by atoms with E-state index in [1.54, 1.807) is 7.05 Å². The molecule has 0 saturated heterocycles. The summed E-state index contributed by atoms with van der Waals surface area (Å²) in [5, 5.41) is 13.2. The summed E-state index contributed by atoms with van der Waals surface area (Å²) >= 11 is 0. The second-order valence-electron chi connectivity index (χ2n) is 2.08. The number of hydrogen-bond acceptors (Lipinski definition) is 5. The third-order valence-corrected chi connectivity index (χ3v) is 1.03. The average molecular weight is 171 g/mol. The SMILES string of the molecule is COCC(=O)Nc1nnn(C)n1. The molecular formula is C5H9N5O2. The van der Waals surface area contributed by atoms with Crippen LogP contribution in [0, 0.1) is 0 Å². The monoisotopic (exact) mass is 171 g/mol. The number of rotatable bonds is 3. The van der Waals surface area contributed by atoms with Gasteiger partial charge in [-0.25, -0.2) is 0 Å². The highest BCUT2D eigenvalue weighted by molar-refractivity contribution is 5.89. The fourth-order valence-electron chi connectivity index (χ4n) is 0.626. The van der Waals surface area contributed by atoms with E-state index in [4.69, 9.17) is 0 Å². The van der Waals surface area contributed by atoms with Crippen LogP contribution < -0.4 is 5.32 Å². The van der Waals surface area contributed by atoms with E-state index in [2.05, 4.69) is 25.5 Å². The van der Waals surface area contributed by atoms with Crippen LogP contribution in [0.25, 0.3) is 0 Å². The Kier molecular flexibility index (Phi) is 2.70. The number of anilines is 1. The molecule has 0 bridgehead atoms. The van der Waals surface area contributed by atoms with Gasteiger partial charge in [-0.2, -0.15) is 4.80 Å². The molecule has 0 aliphatic carbocycles. The van der Waals surface area contributed by atoms with Crippen molar-refractivity contribution in [2.45, 2.75) is 0 Å². The zero-order chi connectivity index (χ0) is 8.97. The van der Waals surface area contributed by atoms with E-state index in [9.17, 15) is 4.79 Å². The van der Waals surface area contributed by atoms with Gasteiger partial charge in [-0.3, -0.25) is 10.1 Å². The number of aryl methyl sites for hydroxylation is 1. The first-order valence-electron chi connectivity index (χ1n) is 3.25. The summed E-state index contributed by atoms with van der Waals surface area (Å²) in [5.41, 5.74) is 0. The minimum atomic E-state index is -0.300. The van der Waals surface area contributed by atoms with Crippen LogP contribution in [0.15, 0.2) is 0 Å². The summed E-state index contributed by atoms with van der Waals surface area (Å²) in [7, 11) is 3.04. The highest BCUT2D eigenvalue weighted by Crippen LogP contribution is 1.90. The quantitative estimate of drug-likeness (QED) is 0.617. The lowest BCUT2D eigenvalue weighted by Crippen LogP contribution is -2.18. The van der Waals surface area contributed by atoms with Crippen molar-refractivity contribution in [2.75, 3.05) is 19.0 Å². The maximum absolute atomic E-state index is 10.9. The third-order valence-electron chi connectivity index (χ3n) is 1.03. The van der Waals surface area contributed by atoms with Crippen LogP contribution in [-0.2, 0) is 16.6 Å². The summed E-state index contributed by atoms with van der Waals surface area (Å²) in [5.74, 6) is -0.120. The zero-order valence-electron chi connectivity index (χ0n) is 6.81.